The Kier molecular flexibility index (Phi) is 9.49. The van der Waals surface area contributed by atoms with Gasteiger partial charge in [0.05, 0.1) is 0 Å². The molecule has 0 aliphatic carbocycles. The summed E-state index contributed by atoms with van der Waals surface area (Å²) in [4.78, 5) is 0. The van der Waals surface area contributed by atoms with E-state index >= 15 is 0 Å². The number of alkyl halides is 1. The van der Waals surface area contributed by atoms with E-state index in [-0.39, 0.29) is 0 Å². The molecule has 0 heterocycles. The molecule has 0 nitrogen and oxygen atoms in total. The summed E-state index contributed by atoms with van der Waals surface area (Å²) < 4.78 is 0. The van der Waals surface area contributed by atoms with Gasteiger partial charge >= 0.3 is 0 Å². The summed E-state index contributed by atoms with van der Waals surface area (Å²) in [6, 6.07) is 0. The largest absolute Gasteiger partial charge is 0.0928 e. The van der Waals surface area contributed by atoms with E-state index in [1.165, 1.54) is 43.3 Å². The van der Waals surface area contributed by atoms with Crippen LogP contribution >= 0.6 is 15.9 Å². The van der Waals surface area contributed by atoms with Crippen LogP contribution in [0.1, 0.15) is 52.9 Å². The van der Waals surface area contributed by atoms with Crippen molar-refractivity contribution in [1.29, 1.82) is 0 Å². The lowest BCUT2D eigenvalue weighted by Crippen LogP contribution is -1.79. The normalized spacial score (nSPS) is 13.4. The maximum atomic E-state index is 3.44. The molecule has 1 heteroatoms. The lowest BCUT2D eigenvalue weighted by Gasteiger charge is -1.99. The quantitative estimate of drug-likeness (QED) is 0.333. The second-order valence-electron chi connectivity index (χ2n) is 3.82. The van der Waals surface area contributed by atoms with E-state index in [1.54, 1.807) is 0 Å². The first-order chi connectivity index (χ1) is 6.70. The Bertz CT molecular complexity index is 189. The monoisotopic (exact) mass is 258 g/mol. The molecular weight excluding hydrogens is 236 g/mol. The van der Waals surface area contributed by atoms with Gasteiger partial charge in [-0.1, -0.05) is 46.2 Å². The smallest absolute Gasteiger partial charge is 0.00342 e. The third-order valence-electron chi connectivity index (χ3n) is 2.42. The highest BCUT2D eigenvalue weighted by Crippen LogP contribution is 2.09. The minimum atomic E-state index is 1.12. The minimum Gasteiger partial charge on any atom is -0.0928 e. The lowest BCUT2D eigenvalue weighted by atomic mass is 10.1. The number of hydrogen-bond acceptors (Lipinski definition) is 0. The molecule has 0 aromatic heterocycles. The summed E-state index contributed by atoms with van der Waals surface area (Å²) in [5, 5.41) is 1.12. The SMILES string of the molecule is CC/C(C)=C/CC/C(C)=C/CCCBr. The summed E-state index contributed by atoms with van der Waals surface area (Å²) in [6.07, 6.45) is 10.8. The molecule has 0 aromatic carbocycles. The number of unbranched alkanes of at least 4 members (excludes halogenated alkanes) is 1. The molecular formula is C13H23Br. The van der Waals surface area contributed by atoms with Crippen molar-refractivity contribution in [2.45, 2.75) is 52.9 Å². The first-order valence-corrected chi connectivity index (χ1v) is 6.70. The molecule has 0 aliphatic heterocycles. The summed E-state index contributed by atoms with van der Waals surface area (Å²) in [5.74, 6) is 0. The van der Waals surface area contributed by atoms with Crippen LogP contribution in [0.4, 0.5) is 0 Å². The molecule has 0 saturated heterocycles. The van der Waals surface area contributed by atoms with Gasteiger partial charge in [-0.15, -0.1) is 0 Å². The van der Waals surface area contributed by atoms with Crippen LogP contribution in [0, 0.1) is 0 Å². The average Bonchev–Trinajstić information content (AvgIpc) is 2.18. The zero-order valence-corrected chi connectivity index (χ0v) is 11.4. The second-order valence-corrected chi connectivity index (χ2v) is 4.62. The summed E-state index contributed by atoms with van der Waals surface area (Å²) >= 11 is 3.44. The van der Waals surface area contributed by atoms with Crippen molar-refractivity contribution in [3.05, 3.63) is 23.3 Å². The average molecular weight is 259 g/mol. The molecule has 0 aliphatic rings. The molecule has 0 aromatic rings. The first-order valence-electron chi connectivity index (χ1n) is 5.58. The zero-order valence-electron chi connectivity index (χ0n) is 9.78. The number of rotatable bonds is 7. The highest BCUT2D eigenvalue weighted by molar-refractivity contribution is 9.09. The van der Waals surface area contributed by atoms with Gasteiger partial charge in [0.15, 0.2) is 0 Å². The second kappa shape index (κ2) is 9.51. The minimum absolute atomic E-state index is 1.12. The third-order valence-corrected chi connectivity index (χ3v) is 2.98. The van der Waals surface area contributed by atoms with Gasteiger partial charge in [-0.25, -0.2) is 0 Å². The summed E-state index contributed by atoms with van der Waals surface area (Å²) in [5.41, 5.74) is 3.05. The van der Waals surface area contributed by atoms with Crippen LogP contribution in [-0.4, -0.2) is 5.33 Å². The Hall–Kier alpha value is -0.0400. The predicted molar refractivity (Wildman–Crippen MR) is 70.1 cm³/mol. The Labute approximate surface area is 97.6 Å². The number of hydrogen-bond donors (Lipinski definition) is 0. The molecule has 0 bridgehead atoms. The molecule has 0 spiro atoms. The molecule has 0 unspecified atom stereocenters. The van der Waals surface area contributed by atoms with Crippen molar-refractivity contribution in [1.82, 2.24) is 0 Å². The third kappa shape index (κ3) is 8.55. The van der Waals surface area contributed by atoms with Crippen molar-refractivity contribution in [2.24, 2.45) is 0 Å². The van der Waals surface area contributed by atoms with Crippen LogP contribution in [0.3, 0.4) is 0 Å². The van der Waals surface area contributed by atoms with Crippen molar-refractivity contribution in [2.75, 3.05) is 5.33 Å². The fourth-order valence-corrected chi connectivity index (χ4v) is 1.54. The molecule has 14 heavy (non-hydrogen) atoms. The van der Waals surface area contributed by atoms with Crippen molar-refractivity contribution in [3.63, 3.8) is 0 Å². The summed E-state index contributed by atoms with van der Waals surface area (Å²) in [7, 11) is 0. The van der Waals surface area contributed by atoms with Crippen LogP contribution in [0.5, 0.6) is 0 Å². The van der Waals surface area contributed by atoms with Crippen LogP contribution in [-0.2, 0) is 0 Å². The summed E-state index contributed by atoms with van der Waals surface area (Å²) in [6.45, 7) is 6.66. The molecule has 0 fully saturated rings. The van der Waals surface area contributed by atoms with Gasteiger partial charge in [0.1, 0.15) is 0 Å². The molecule has 0 saturated carbocycles. The maximum Gasteiger partial charge on any atom is 0.00342 e. The van der Waals surface area contributed by atoms with Gasteiger partial charge in [0.25, 0.3) is 0 Å². The predicted octanol–water partition coefficient (Wildman–Crippen LogP) is 5.24. The standard InChI is InChI=1S/C13H23Br/c1-4-12(2)9-7-10-13(3)8-5-6-11-14/h8-9H,4-7,10-11H2,1-3H3/b12-9+,13-8+. The van der Waals surface area contributed by atoms with E-state index in [4.69, 9.17) is 0 Å². The topological polar surface area (TPSA) is 0 Å². The highest BCUT2D eigenvalue weighted by atomic mass is 79.9. The molecule has 0 radical (unpaired) electrons. The van der Waals surface area contributed by atoms with Crippen LogP contribution in [0.15, 0.2) is 23.3 Å². The van der Waals surface area contributed by atoms with Gasteiger partial charge in [0, 0.05) is 5.33 Å². The fraction of sp³-hybridized carbons (Fsp3) is 0.692. The fourth-order valence-electron chi connectivity index (χ4n) is 1.22. The molecule has 0 atom stereocenters. The van der Waals surface area contributed by atoms with Crippen molar-refractivity contribution < 1.29 is 0 Å². The van der Waals surface area contributed by atoms with E-state index in [2.05, 4.69) is 48.9 Å². The Morgan fingerprint density at radius 2 is 1.71 bits per heavy atom. The van der Waals surface area contributed by atoms with Gasteiger partial charge < -0.3 is 0 Å². The molecule has 0 rings (SSSR count). The van der Waals surface area contributed by atoms with E-state index in [0.29, 0.717) is 0 Å². The Morgan fingerprint density at radius 1 is 1.07 bits per heavy atom. The Balaban J connectivity index is 3.62. The van der Waals surface area contributed by atoms with Crippen LogP contribution < -0.4 is 0 Å². The lowest BCUT2D eigenvalue weighted by molar-refractivity contribution is 0.911. The zero-order chi connectivity index (χ0) is 10.8. The van der Waals surface area contributed by atoms with E-state index in [9.17, 15) is 0 Å². The van der Waals surface area contributed by atoms with E-state index in [1.807, 2.05) is 0 Å². The van der Waals surface area contributed by atoms with Gasteiger partial charge in [0.2, 0.25) is 0 Å². The molecule has 0 N–H and O–H groups in total. The van der Waals surface area contributed by atoms with Gasteiger partial charge in [-0.2, -0.15) is 0 Å². The first kappa shape index (κ1) is 14.0. The van der Waals surface area contributed by atoms with Gasteiger partial charge in [-0.05, 0) is 46.0 Å². The van der Waals surface area contributed by atoms with Crippen LogP contribution in [0.25, 0.3) is 0 Å². The van der Waals surface area contributed by atoms with Gasteiger partial charge in [-0.3, -0.25) is 0 Å². The molecule has 0 amide bonds. The highest BCUT2D eigenvalue weighted by Gasteiger charge is 1.89. The molecule has 82 valence electrons. The maximum absolute atomic E-state index is 3.44. The van der Waals surface area contributed by atoms with Crippen molar-refractivity contribution >= 4 is 15.9 Å². The number of allylic oxidation sites excluding steroid dienone is 4. The van der Waals surface area contributed by atoms with Crippen molar-refractivity contribution in [3.8, 4) is 0 Å². The number of halogens is 1. The van der Waals surface area contributed by atoms with E-state index in [0.717, 1.165) is 5.33 Å². The van der Waals surface area contributed by atoms with E-state index < -0.39 is 0 Å². The van der Waals surface area contributed by atoms with Crippen LogP contribution in [0.2, 0.25) is 0 Å². The Morgan fingerprint density at radius 3 is 2.29 bits per heavy atom.